The van der Waals surface area contributed by atoms with Gasteiger partial charge < -0.3 is 0 Å². The maximum atomic E-state index is 4.62. The minimum absolute atomic E-state index is 0.968. The highest BCUT2D eigenvalue weighted by Crippen LogP contribution is 2.35. The van der Waals surface area contributed by atoms with E-state index in [2.05, 4.69) is 206 Å². The van der Waals surface area contributed by atoms with Gasteiger partial charge in [0.2, 0.25) is 0 Å². The summed E-state index contributed by atoms with van der Waals surface area (Å²) in [5.74, 6) is 0. The summed E-state index contributed by atoms with van der Waals surface area (Å²) < 4.78 is 1.20. The summed E-state index contributed by atoms with van der Waals surface area (Å²) in [4.78, 5) is 0. The molecule has 0 saturated heterocycles. The zero-order chi connectivity index (χ0) is 30.3. The van der Waals surface area contributed by atoms with Crippen LogP contribution in [0.25, 0.3) is 55.7 Å². The van der Waals surface area contributed by atoms with E-state index in [1.807, 2.05) is 0 Å². The van der Waals surface area contributed by atoms with Crippen LogP contribution in [-0.2, 0) is 0 Å². The van der Waals surface area contributed by atoms with Crippen molar-refractivity contribution in [1.29, 1.82) is 0 Å². The number of hydrogen-bond donors (Lipinski definition) is 0. The first-order valence-corrected chi connectivity index (χ1v) is 15.9. The van der Waals surface area contributed by atoms with E-state index in [9.17, 15) is 0 Å². The molecule has 0 aliphatic carbocycles. The fraction of sp³-hybridized carbons (Fsp3) is 0.0233. The lowest BCUT2D eigenvalue weighted by atomic mass is 9.90. The lowest BCUT2D eigenvalue weighted by Crippen LogP contribution is -1.91. The Balaban J connectivity index is 1.50. The number of hydrogen-bond acceptors (Lipinski definition) is 0. The quantitative estimate of drug-likeness (QED) is 0.111. The highest BCUT2D eigenvalue weighted by molar-refractivity contribution is 14.1. The van der Waals surface area contributed by atoms with Crippen molar-refractivity contribution in [2.75, 3.05) is 0 Å². The van der Waals surface area contributed by atoms with E-state index < -0.39 is 0 Å². The maximum absolute atomic E-state index is 4.62. The molecule has 0 aliphatic rings. The molecule has 0 saturated carbocycles. The van der Waals surface area contributed by atoms with Gasteiger partial charge in [0.1, 0.15) is 0 Å². The molecule has 0 aliphatic heterocycles. The molecule has 6 aromatic rings. The first-order valence-electron chi connectivity index (χ1n) is 14.8. The average Bonchev–Trinajstić information content (AvgIpc) is 3.09. The second-order valence-electron chi connectivity index (χ2n) is 10.9. The van der Waals surface area contributed by atoms with Gasteiger partial charge in [-0.15, -0.1) is 0 Å². The molecule has 0 fully saturated rings. The van der Waals surface area contributed by atoms with Gasteiger partial charge in [0.15, 0.2) is 0 Å². The van der Waals surface area contributed by atoms with Crippen LogP contribution in [0.5, 0.6) is 0 Å². The van der Waals surface area contributed by atoms with Crippen molar-refractivity contribution in [3.63, 3.8) is 0 Å². The maximum Gasteiger partial charge on any atom is -0.0119 e. The Morgan fingerprint density at radius 1 is 0.432 bits per heavy atom. The first-order chi connectivity index (χ1) is 21.5. The summed E-state index contributed by atoms with van der Waals surface area (Å²) in [5, 5.41) is 0. The minimum Gasteiger partial charge on any atom is -0.0911 e. The summed E-state index contributed by atoms with van der Waals surface area (Å²) in [7, 11) is 0. The smallest absolute Gasteiger partial charge is 0.0119 e. The number of halogens is 1. The second kappa shape index (κ2) is 13.7. The number of allylic oxidation sites excluding steroid dienone is 5. The summed E-state index contributed by atoms with van der Waals surface area (Å²) in [6.07, 6.45) is 4.49. The molecular formula is C43H33I. The van der Waals surface area contributed by atoms with Gasteiger partial charge in [-0.1, -0.05) is 128 Å². The van der Waals surface area contributed by atoms with Crippen LogP contribution in [0.15, 0.2) is 180 Å². The van der Waals surface area contributed by atoms with Crippen LogP contribution in [0, 0.1) is 0 Å². The van der Waals surface area contributed by atoms with Gasteiger partial charge in [0, 0.05) is 0 Å². The lowest BCUT2D eigenvalue weighted by molar-refractivity contribution is 1.54. The minimum atomic E-state index is 0.968. The Morgan fingerprint density at radius 2 is 0.750 bits per heavy atom. The highest BCUT2D eigenvalue weighted by atomic mass is 127. The monoisotopic (exact) mass is 676 g/mol. The van der Waals surface area contributed by atoms with Gasteiger partial charge in [0.25, 0.3) is 0 Å². The summed E-state index contributed by atoms with van der Waals surface area (Å²) in [6, 6.07) is 56.1. The van der Waals surface area contributed by atoms with Gasteiger partial charge in [-0.05, 0) is 148 Å². The van der Waals surface area contributed by atoms with E-state index in [4.69, 9.17) is 0 Å². The molecule has 1 heteroatoms. The normalized spacial score (nSPS) is 11.8. The molecule has 0 heterocycles. The molecule has 44 heavy (non-hydrogen) atoms. The van der Waals surface area contributed by atoms with Gasteiger partial charge in [0.05, 0.1) is 0 Å². The molecule has 0 bridgehead atoms. The van der Waals surface area contributed by atoms with E-state index in [1.54, 1.807) is 0 Å². The summed E-state index contributed by atoms with van der Waals surface area (Å²) in [6.45, 7) is 6.76. The lowest BCUT2D eigenvalue weighted by Gasteiger charge is -2.14. The molecule has 0 aromatic heterocycles. The molecule has 0 radical (unpaired) electrons. The van der Waals surface area contributed by atoms with Crippen LogP contribution < -0.4 is 0 Å². The summed E-state index contributed by atoms with van der Waals surface area (Å²) >= 11 is 2.40. The molecule has 212 valence electrons. The molecule has 6 aromatic carbocycles. The van der Waals surface area contributed by atoms with E-state index in [0.29, 0.717) is 0 Å². The van der Waals surface area contributed by atoms with Crippen molar-refractivity contribution < 1.29 is 0 Å². The Hall–Kier alpha value is -4.73. The first kappa shape index (κ1) is 29.3. The second-order valence-corrected chi connectivity index (χ2v) is 12.6. The van der Waals surface area contributed by atoms with Crippen LogP contribution >= 0.6 is 22.6 Å². The fourth-order valence-corrected chi connectivity index (χ4v) is 5.83. The fourth-order valence-electron chi connectivity index (χ4n) is 5.49. The van der Waals surface area contributed by atoms with E-state index in [-0.39, 0.29) is 0 Å². The zero-order valence-electron chi connectivity index (χ0n) is 24.8. The molecule has 6 rings (SSSR count). The Morgan fingerprint density at radius 3 is 1.07 bits per heavy atom. The highest BCUT2D eigenvalue weighted by Gasteiger charge is 2.11. The third-order valence-electron chi connectivity index (χ3n) is 7.68. The Kier molecular flexibility index (Phi) is 9.14. The Labute approximate surface area is 274 Å². The van der Waals surface area contributed by atoms with Crippen LogP contribution in [0.3, 0.4) is 0 Å². The van der Waals surface area contributed by atoms with Crippen molar-refractivity contribution in [2.24, 2.45) is 0 Å². The number of benzene rings is 6. The molecule has 0 spiro atoms. The molecular weight excluding hydrogens is 643 g/mol. The molecule has 0 amide bonds. The third-order valence-corrected chi connectivity index (χ3v) is 7.99. The third kappa shape index (κ3) is 7.07. The van der Waals surface area contributed by atoms with Gasteiger partial charge in [-0.2, -0.15) is 0 Å². The van der Waals surface area contributed by atoms with E-state index >= 15 is 0 Å². The van der Waals surface area contributed by atoms with E-state index in [0.717, 1.165) is 22.3 Å². The van der Waals surface area contributed by atoms with Crippen molar-refractivity contribution in [3.05, 3.63) is 191 Å². The van der Waals surface area contributed by atoms with Crippen molar-refractivity contribution in [3.8, 4) is 44.5 Å². The van der Waals surface area contributed by atoms with Crippen molar-refractivity contribution >= 4 is 33.7 Å². The molecule has 0 unspecified atom stereocenters. The van der Waals surface area contributed by atoms with Crippen LogP contribution in [0.4, 0.5) is 0 Å². The summed E-state index contributed by atoms with van der Waals surface area (Å²) in [5.41, 5.74) is 13.9. The van der Waals surface area contributed by atoms with Crippen molar-refractivity contribution in [1.82, 2.24) is 0 Å². The van der Waals surface area contributed by atoms with Crippen LogP contribution in [-0.4, -0.2) is 0 Å². The predicted octanol–water partition coefficient (Wildman–Crippen LogP) is 12.8. The average molecular weight is 677 g/mol. The molecule has 0 atom stereocenters. The standard InChI is InChI=1S/C43H33I/c1-31(37-25-39(33-15-7-3-8-16-33)27-40(26-37)34-17-9-4-10-18-34)23-38(24-32(2)44)43-29-41(35-19-11-5-12-20-35)28-42(30-43)36-21-13-6-14-22-36/h3-30H,1H2,2H3/b32-24+,38-23+. The van der Waals surface area contributed by atoms with Crippen molar-refractivity contribution in [2.45, 2.75) is 6.92 Å². The predicted molar refractivity (Wildman–Crippen MR) is 199 cm³/mol. The Bertz CT molecular complexity index is 1830. The van der Waals surface area contributed by atoms with Gasteiger partial charge >= 0.3 is 0 Å². The van der Waals surface area contributed by atoms with Crippen LogP contribution in [0.1, 0.15) is 18.1 Å². The SMILES string of the molecule is C=C(/C=C(\C=C(/C)I)c1cc(-c2ccccc2)cc(-c2ccccc2)c1)c1cc(-c2ccccc2)cc(-c2ccccc2)c1. The number of rotatable bonds is 8. The largest absolute Gasteiger partial charge is 0.0911 e. The van der Waals surface area contributed by atoms with E-state index in [1.165, 1.54) is 48.1 Å². The van der Waals surface area contributed by atoms with Gasteiger partial charge in [-0.25, -0.2) is 0 Å². The molecule has 0 N–H and O–H groups in total. The van der Waals surface area contributed by atoms with Crippen LogP contribution in [0.2, 0.25) is 0 Å². The molecule has 0 nitrogen and oxygen atoms in total. The topological polar surface area (TPSA) is 0 Å². The van der Waals surface area contributed by atoms with Gasteiger partial charge in [-0.3, -0.25) is 0 Å². The zero-order valence-corrected chi connectivity index (χ0v) is 26.9.